The highest BCUT2D eigenvalue weighted by atomic mass is 16.5. The van der Waals surface area contributed by atoms with E-state index in [0.29, 0.717) is 5.69 Å². The van der Waals surface area contributed by atoms with E-state index in [9.17, 15) is 4.79 Å². The number of carbonyl (C=O) groups excluding carboxylic acids is 1. The number of hydrogen-bond donors (Lipinski definition) is 1. The topological polar surface area (TPSA) is 76.7 Å². The lowest BCUT2D eigenvalue weighted by atomic mass is 10.2. The second kappa shape index (κ2) is 4.34. The van der Waals surface area contributed by atoms with Crippen LogP contribution in [0.25, 0.3) is 0 Å². The van der Waals surface area contributed by atoms with E-state index in [0.717, 1.165) is 25.1 Å². The van der Waals surface area contributed by atoms with Gasteiger partial charge >= 0.3 is 5.97 Å². The molecule has 0 amide bonds. The molecule has 0 spiro atoms. The number of hydrogen-bond acceptors (Lipinski definition) is 5. The van der Waals surface area contributed by atoms with Crippen molar-refractivity contribution in [3.63, 3.8) is 0 Å². The minimum atomic E-state index is -0.640. The molecule has 1 aromatic rings. The van der Waals surface area contributed by atoms with Crippen LogP contribution >= 0.6 is 0 Å². The number of carbonyl (C=O) groups is 1. The molecule has 0 fully saturated rings. The van der Waals surface area contributed by atoms with Crippen LogP contribution in [-0.2, 0) is 22.5 Å². The molecule has 0 aliphatic carbocycles. The van der Waals surface area contributed by atoms with Crippen molar-refractivity contribution in [2.24, 2.45) is 5.16 Å². The summed E-state index contributed by atoms with van der Waals surface area (Å²) in [5.74, 6) is -0.640. The van der Waals surface area contributed by atoms with Gasteiger partial charge in [0.1, 0.15) is 5.69 Å². The second-order valence-electron chi connectivity index (χ2n) is 3.51. The maximum absolute atomic E-state index is 11.5. The molecule has 1 N–H and O–H groups in total. The molecule has 16 heavy (non-hydrogen) atoms. The zero-order chi connectivity index (χ0) is 11.5. The molecule has 0 bridgehead atoms. The molecule has 6 nitrogen and oxygen atoms in total. The molecule has 1 aliphatic rings. The molecule has 1 aliphatic heterocycles. The lowest BCUT2D eigenvalue weighted by molar-refractivity contribution is -0.135. The van der Waals surface area contributed by atoms with Gasteiger partial charge in [0.25, 0.3) is 0 Å². The van der Waals surface area contributed by atoms with E-state index >= 15 is 0 Å². The summed E-state index contributed by atoms with van der Waals surface area (Å²) >= 11 is 0. The highest BCUT2D eigenvalue weighted by Gasteiger charge is 2.25. The quantitative estimate of drug-likeness (QED) is 0.352. The van der Waals surface area contributed by atoms with E-state index in [1.807, 2.05) is 4.57 Å². The van der Waals surface area contributed by atoms with Crippen LogP contribution < -0.4 is 0 Å². The van der Waals surface area contributed by atoms with Crippen molar-refractivity contribution in [3.8, 4) is 0 Å². The van der Waals surface area contributed by atoms with Gasteiger partial charge < -0.3 is 14.5 Å². The lowest BCUT2D eigenvalue weighted by Crippen LogP contribution is -2.20. The molecule has 2 heterocycles. The van der Waals surface area contributed by atoms with E-state index < -0.39 is 5.97 Å². The number of nitrogens with zero attached hydrogens (tertiary/aromatic N) is 3. The summed E-state index contributed by atoms with van der Waals surface area (Å²) in [6.45, 7) is 2.84. The summed E-state index contributed by atoms with van der Waals surface area (Å²) in [5.41, 5.74) is 1.25. The number of aromatic nitrogens is 2. The molecule has 86 valence electrons. The zero-order valence-electron chi connectivity index (χ0n) is 9.01. The number of fused-ring (bicyclic) bond motifs is 1. The fourth-order valence-electron chi connectivity index (χ4n) is 1.86. The summed E-state index contributed by atoms with van der Waals surface area (Å²) in [6, 6.07) is 0. The SMILES string of the molecule is CCOC(=O)/C(=N\O)c1ncn2c1CCC2. The van der Waals surface area contributed by atoms with Crippen molar-refractivity contribution in [1.82, 2.24) is 9.55 Å². The molecule has 1 aromatic heterocycles. The maximum atomic E-state index is 11.5. The van der Waals surface area contributed by atoms with E-state index in [1.54, 1.807) is 13.3 Å². The Hall–Kier alpha value is -1.85. The third-order valence-corrected chi connectivity index (χ3v) is 2.55. The molecule has 0 radical (unpaired) electrons. The van der Waals surface area contributed by atoms with E-state index in [-0.39, 0.29) is 12.3 Å². The van der Waals surface area contributed by atoms with Gasteiger partial charge in [0, 0.05) is 12.2 Å². The molecule has 2 rings (SSSR count). The van der Waals surface area contributed by atoms with Crippen LogP contribution in [0.1, 0.15) is 24.7 Å². The minimum Gasteiger partial charge on any atom is -0.461 e. The predicted octanol–water partition coefficient (Wildman–Crippen LogP) is 0.571. The number of aryl methyl sites for hydroxylation is 1. The number of rotatable bonds is 3. The monoisotopic (exact) mass is 223 g/mol. The largest absolute Gasteiger partial charge is 0.461 e. The molecule has 0 atom stereocenters. The van der Waals surface area contributed by atoms with Gasteiger partial charge in [-0.3, -0.25) is 0 Å². The van der Waals surface area contributed by atoms with Gasteiger partial charge in [-0.25, -0.2) is 9.78 Å². The van der Waals surface area contributed by atoms with Gasteiger partial charge in [-0.1, -0.05) is 5.16 Å². The van der Waals surface area contributed by atoms with Crippen molar-refractivity contribution in [1.29, 1.82) is 0 Å². The third kappa shape index (κ3) is 1.66. The normalized spacial score (nSPS) is 14.9. The van der Waals surface area contributed by atoms with Gasteiger partial charge in [-0.05, 0) is 19.8 Å². The van der Waals surface area contributed by atoms with Crippen LogP contribution in [0.2, 0.25) is 0 Å². The second-order valence-corrected chi connectivity index (χ2v) is 3.51. The van der Waals surface area contributed by atoms with E-state index in [4.69, 9.17) is 9.94 Å². The summed E-state index contributed by atoms with van der Waals surface area (Å²) < 4.78 is 6.76. The van der Waals surface area contributed by atoms with Gasteiger partial charge in [-0.15, -0.1) is 0 Å². The highest BCUT2D eigenvalue weighted by molar-refractivity contribution is 6.42. The van der Waals surface area contributed by atoms with E-state index in [1.165, 1.54) is 0 Å². The lowest BCUT2D eigenvalue weighted by Gasteiger charge is -2.02. The molecule has 6 heteroatoms. The first-order valence-electron chi connectivity index (χ1n) is 5.21. The average molecular weight is 223 g/mol. The summed E-state index contributed by atoms with van der Waals surface area (Å²) in [7, 11) is 0. The minimum absolute atomic E-state index is 0.113. The Morgan fingerprint density at radius 1 is 1.75 bits per heavy atom. The maximum Gasteiger partial charge on any atom is 0.362 e. The molecule has 0 saturated heterocycles. The van der Waals surface area contributed by atoms with Crippen LogP contribution in [0.15, 0.2) is 11.5 Å². The number of imidazole rings is 1. The molecular formula is C10H13N3O3. The fraction of sp³-hybridized carbons (Fsp3) is 0.500. The first-order chi connectivity index (χ1) is 7.77. The van der Waals surface area contributed by atoms with Crippen LogP contribution in [0.3, 0.4) is 0 Å². The number of oxime groups is 1. The Kier molecular flexibility index (Phi) is 2.89. The summed E-state index contributed by atoms with van der Waals surface area (Å²) in [4.78, 5) is 15.6. The predicted molar refractivity (Wildman–Crippen MR) is 55.5 cm³/mol. The van der Waals surface area contributed by atoms with E-state index in [2.05, 4.69) is 10.1 Å². The van der Waals surface area contributed by atoms with Gasteiger partial charge in [0.05, 0.1) is 12.9 Å². The summed E-state index contributed by atoms with van der Waals surface area (Å²) in [5, 5.41) is 11.9. The van der Waals surface area contributed by atoms with Crippen molar-refractivity contribution < 1.29 is 14.7 Å². The zero-order valence-corrected chi connectivity index (χ0v) is 9.01. The molecule has 0 unspecified atom stereocenters. The van der Waals surface area contributed by atoms with Gasteiger partial charge in [-0.2, -0.15) is 0 Å². The molecule has 0 aromatic carbocycles. The third-order valence-electron chi connectivity index (χ3n) is 2.55. The van der Waals surface area contributed by atoms with Crippen molar-refractivity contribution in [2.45, 2.75) is 26.3 Å². The van der Waals surface area contributed by atoms with Crippen molar-refractivity contribution in [2.75, 3.05) is 6.61 Å². The van der Waals surface area contributed by atoms with Crippen molar-refractivity contribution >= 4 is 11.7 Å². The Morgan fingerprint density at radius 3 is 3.25 bits per heavy atom. The smallest absolute Gasteiger partial charge is 0.362 e. The van der Waals surface area contributed by atoms with Crippen LogP contribution in [0.5, 0.6) is 0 Å². The van der Waals surface area contributed by atoms with Crippen LogP contribution in [0.4, 0.5) is 0 Å². The average Bonchev–Trinajstić information content (AvgIpc) is 2.83. The van der Waals surface area contributed by atoms with Crippen molar-refractivity contribution in [3.05, 3.63) is 17.7 Å². The molecule has 0 saturated carbocycles. The van der Waals surface area contributed by atoms with Crippen LogP contribution in [-0.4, -0.2) is 33.0 Å². The Labute approximate surface area is 92.5 Å². The Bertz CT molecular complexity index is 437. The molecular weight excluding hydrogens is 210 g/mol. The standard InChI is InChI=1S/C10H13N3O3/c1-2-16-10(14)9(12-15)8-7-4-3-5-13(7)6-11-8/h6,15H,2-5H2,1H3/b12-9-. The first kappa shape index (κ1) is 10.7. The summed E-state index contributed by atoms with van der Waals surface area (Å²) in [6.07, 6.45) is 3.52. The highest BCUT2D eigenvalue weighted by Crippen LogP contribution is 2.18. The Morgan fingerprint density at radius 2 is 2.56 bits per heavy atom. The first-order valence-corrected chi connectivity index (χ1v) is 5.21. The number of ether oxygens (including phenoxy) is 1. The fourth-order valence-corrected chi connectivity index (χ4v) is 1.86. The van der Waals surface area contributed by atoms with Gasteiger partial charge in [0.2, 0.25) is 5.71 Å². The Balaban J connectivity index is 2.31. The van der Waals surface area contributed by atoms with Gasteiger partial charge in [0.15, 0.2) is 0 Å². The van der Waals surface area contributed by atoms with Crippen LogP contribution in [0, 0.1) is 0 Å². The number of esters is 1.